The topological polar surface area (TPSA) is 49.4 Å². The highest BCUT2D eigenvalue weighted by molar-refractivity contribution is 6.42. The molecule has 1 aliphatic carbocycles. The van der Waals surface area contributed by atoms with Gasteiger partial charge in [-0.15, -0.1) is 0 Å². The van der Waals surface area contributed by atoms with Crippen LogP contribution in [0, 0.1) is 11.8 Å². The fourth-order valence-corrected chi connectivity index (χ4v) is 3.39. The molecule has 0 aromatic heterocycles. The molecule has 23 heavy (non-hydrogen) atoms. The second-order valence-corrected chi connectivity index (χ2v) is 7.16. The van der Waals surface area contributed by atoms with Crippen LogP contribution in [-0.4, -0.2) is 29.8 Å². The SMILES string of the molecule is O=C(Nc1ccc(Cl)c(Cl)c1)C1CCN(C(=O)C2CCC2)CC1. The summed E-state index contributed by atoms with van der Waals surface area (Å²) in [5, 5.41) is 3.77. The predicted octanol–water partition coefficient (Wildman–Crippen LogP) is 3.97. The molecule has 0 atom stereocenters. The Balaban J connectivity index is 1.51. The van der Waals surface area contributed by atoms with Crippen molar-refractivity contribution in [2.75, 3.05) is 18.4 Å². The van der Waals surface area contributed by atoms with E-state index in [9.17, 15) is 9.59 Å². The molecular formula is C17H20Cl2N2O2. The number of piperidine rings is 1. The average molecular weight is 355 g/mol. The maximum atomic E-state index is 12.4. The Hall–Kier alpha value is -1.26. The molecule has 1 saturated carbocycles. The van der Waals surface area contributed by atoms with Crippen molar-refractivity contribution in [3.05, 3.63) is 28.2 Å². The summed E-state index contributed by atoms with van der Waals surface area (Å²) in [4.78, 5) is 26.5. The van der Waals surface area contributed by atoms with Gasteiger partial charge in [0, 0.05) is 30.6 Å². The normalized spacial score (nSPS) is 19.3. The molecule has 0 unspecified atom stereocenters. The van der Waals surface area contributed by atoms with Crippen molar-refractivity contribution in [2.45, 2.75) is 32.1 Å². The fraction of sp³-hybridized carbons (Fsp3) is 0.529. The molecule has 1 heterocycles. The summed E-state index contributed by atoms with van der Waals surface area (Å²) in [6.07, 6.45) is 4.64. The van der Waals surface area contributed by atoms with Crippen LogP contribution in [0.1, 0.15) is 32.1 Å². The van der Waals surface area contributed by atoms with Crippen molar-refractivity contribution in [3.63, 3.8) is 0 Å². The Labute approximate surface area is 146 Å². The van der Waals surface area contributed by atoms with Crippen LogP contribution in [0.25, 0.3) is 0 Å². The number of hydrogen-bond acceptors (Lipinski definition) is 2. The van der Waals surface area contributed by atoms with Gasteiger partial charge >= 0.3 is 0 Å². The van der Waals surface area contributed by atoms with Gasteiger partial charge in [0.15, 0.2) is 0 Å². The molecule has 1 aliphatic heterocycles. The van der Waals surface area contributed by atoms with Crippen LogP contribution in [0.4, 0.5) is 5.69 Å². The molecule has 0 spiro atoms. The number of hydrogen-bond donors (Lipinski definition) is 1. The lowest BCUT2D eigenvalue weighted by molar-refractivity contribution is -0.140. The maximum Gasteiger partial charge on any atom is 0.227 e. The number of anilines is 1. The monoisotopic (exact) mass is 354 g/mol. The van der Waals surface area contributed by atoms with Crippen LogP contribution >= 0.6 is 23.2 Å². The molecule has 2 aliphatic rings. The Bertz CT molecular complexity index is 609. The van der Waals surface area contributed by atoms with E-state index in [1.807, 2.05) is 4.90 Å². The summed E-state index contributed by atoms with van der Waals surface area (Å²) >= 11 is 11.8. The van der Waals surface area contributed by atoms with E-state index in [0.29, 0.717) is 41.7 Å². The molecule has 2 amide bonds. The Morgan fingerprint density at radius 2 is 1.70 bits per heavy atom. The lowest BCUT2D eigenvalue weighted by Gasteiger charge is -2.36. The minimum atomic E-state index is -0.0603. The van der Waals surface area contributed by atoms with Gasteiger partial charge in [0.05, 0.1) is 10.0 Å². The van der Waals surface area contributed by atoms with E-state index in [1.54, 1.807) is 18.2 Å². The van der Waals surface area contributed by atoms with Crippen LogP contribution in [0.15, 0.2) is 18.2 Å². The van der Waals surface area contributed by atoms with Crippen molar-refractivity contribution in [1.82, 2.24) is 4.90 Å². The second kappa shape index (κ2) is 7.10. The van der Waals surface area contributed by atoms with E-state index in [0.717, 1.165) is 12.8 Å². The van der Waals surface area contributed by atoms with Gasteiger partial charge in [-0.05, 0) is 43.9 Å². The molecule has 1 aromatic carbocycles. The van der Waals surface area contributed by atoms with E-state index in [2.05, 4.69) is 5.32 Å². The molecule has 3 rings (SSSR count). The molecule has 0 radical (unpaired) electrons. The number of halogens is 2. The number of rotatable bonds is 3. The average Bonchev–Trinajstić information content (AvgIpc) is 2.49. The number of carbonyl (C=O) groups excluding carboxylic acids is 2. The summed E-state index contributed by atoms with van der Waals surface area (Å²) < 4.78 is 0. The first-order chi connectivity index (χ1) is 11.0. The van der Waals surface area contributed by atoms with E-state index in [4.69, 9.17) is 23.2 Å². The van der Waals surface area contributed by atoms with Gasteiger partial charge in [-0.1, -0.05) is 29.6 Å². The third kappa shape index (κ3) is 3.81. The first-order valence-corrected chi connectivity index (χ1v) is 8.85. The Morgan fingerprint density at radius 1 is 1.00 bits per heavy atom. The highest BCUT2D eigenvalue weighted by Crippen LogP contribution is 2.30. The highest BCUT2D eigenvalue weighted by atomic mass is 35.5. The molecule has 124 valence electrons. The van der Waals surface area contributed by atoms with Crippen molar-refractivity contribution < 1.29 is 9.59 Å². The third-order valence-electron chi connectivity index (χ3n) is 4.82. The number of carbonyl (C=O) groups is 2. The van der Waals surface area contributed by atoms with Crippen molar-refractivity contribution in [3.8, 4) is 0 Å². The van der Waals surface area contributed by atoms with Crippen molar-refractivity contribution >= 4 is 40.7 Å². The Morgan fingerprint density at radius 3 is 2.26 bits per heavy atom. The van der Waals surface area contributed by atoms with Crippen LogP contribution in [-0.2, 0) is 9.59 Å². The van der Waals surface area contributed by atoms with Gasteiger partial charge in [0.1, 0.15) is 0 Å². The van der Waals surface area contributed by atoms with Crippen molar-refractivity contribution in [1.29, 1.82) is 0 Å². The number of likely N-dealkylation sites (tertiary alicyclic amines) is 1. The Kier molecular flexibility index (Phi) is 5.12. The van der Waals surface area contributed by atoms with E-state index in [-0.39, 0.29) is 23.7 Å². The summed E-state index contributed by atoms with van der Waals surface area (Å²) in [6.45, 7) is 1.35. The van der Waals surface area contributed by atoms with Gasteiger partial charge in [-0.3, -0.25) is 9.59 Å². The lowest BCUT2D eigenvalue weighted by Crippen LogP contribution is -2.45. The molecule has 2 fully saturated rings. The molecule has 1 N–H and O–H groups in total. The zero-order chi connectivity index (χ0) is 16.4. The smallest absolute Gasteiger partial charge is 0.227 e. The number of benzene rings is 1. The van der Waals surface area contributed by atoms with Gasteiger partial charge in [0.2, 0.25) is 11.8 Å². The molecular weight excluding hydrogens is 335 g/mol. The second-order valence-electron chi connectivity index (χ2n) is 6.35. The quantitative estimate of drug-likeness (QED) is 0.892. The zero-order valence-corrected chi connectivity index (χ0v) is 14.4. The molecule has 0 bridgehead atoms. The van der Waals surface area contributed by atoms with Crippen LogP contribution < -0.4 is 5.32 Å². The largest absolute Gasteiger partial charge is 0.342 e. The zero-order valence-electron chi connectivity index (χ0n) is 12.9. The predicted molar refractivity (Wildman–Crippen MR) is 91.7 cm³/mol. The van der Waals surface area contributed by atoms with E-state index < -0.39 is 0 Å². The van der Waals surface area contributed by atoms with Crippen LogP contribution in [0.3, 0.4) is 0 Å². The lowest BCUT2D eigenvalue weighted by atomic mass is 9.83. The summed E-state index contributed by atoms with van der Waals surface area (Å²) in [5.74, 6) is 0.435. The first-order valence-electron chi connectivity index (χ1n) is 8.09. The van der Waals surface area contributed by atoms with Crippen LogP contribution in [0.5, 0.6) is 0 Å². The molecule has 4 nitrogen and oxygen atoms in total. The standard InChI is InChI=1S/C17H20Cl2N2O2/c18-14-5-4-13(10-15(14)19)20-16(22)11-6-8-21(9-7-11)17(23)12-2-1-3-12/h4-5,10-12H,1-3,6-9H2,(H,20,22). The maximum absolute atomic E-state index is 12.4. The fourth-order valence-electron chi connectivity index (χ4n) is 3.09. The first kappa shape index (κ1) is 16.6. The van der Waals surface area contributed by atoms with Gasteiger partial charge in [-0.2, -0.15) is 0 Å². The minimum Gasteiger partial charge on any atom is -0.342 e. The summed E-state index contributed by atoms with van der Waals surface area (Å²) in [6, 6.07) is 5.05. The molecule has 6 heteroatoms. The van der Waals surface area contributed by atoms with Crippen molar-refractivity contribution in [2.24, 2.45) is 11.8 Å². The van der Waals surface area contributed by atoms with Gasteiger partial charge in [-0.25, -0.2) is 0 Å². The van der Waals surface area contributed by atoms with Crippen LogP contribution in [0.2, 0.25) is 10.0 Å². The van der Waals surface area contributed by atoms with E-state index >= 15 is 0 Å². The number of nitrogens with one attached hydrogen (secondary N) is 1. The van der Waals surface area contributed by atoms with Gasteiger partial charge < -0.3 is 10.2 Å². The number of amides is 2. The molecule has 1 aromatic rings. The van der Waals surface area contributed by atoms with E-state index in [1.165, 1.54) is 6.42 Å². The summed E-state index contributed by atoms with van der Waals surface area (Å²) in [5.41, 5.74) is 0.650. The minimum absolute atomic E-state index is 0.0147. The van der Waals surface area contributed by atoms with Gasteiger partial charge in [0.25, 0.3) is 0 Å². The number of nitrogens with zero attached hydrogens (tertiary/aromatic N) is 1. The molecule has 1 saturated heterocycles. The highest BCUT2D eigenvalue weighted by Gasteiger charge is 2.33. The summed E-state index contributed by atoms with van der Waals surface area (Å²) in [7, 11) is 0. The third-order valence-corrected chi connectivity index (χ3v) is 5.56.